The van der Waals surface area contributed by atoms with Gasteiger partial charge < -0.3 is 24.8 Å². The van der Waals surface area contributed by atoms with Gasteiger partial charge in [-0.1, -0.05) is 0 Å². The average Bonchev–Trinajstić information content (AvgIpc) is 2.67. The van der Waals surface area contributed by atoms with Gasteiger partial charge in [0.1, 0.15) is 17.2 Å². The van der Waals surface area contributed by atoms with Crippen LogP contribution in [0.1, 0.15) is 12.5 Å². The molecule has 1 aliphatic heterocycles. The topological polar surface area (TPSA) is 85.9 Å². The summed E-state index contributed by atoms with van der Waals surface area (Å²) in [5.41, 5.74) is 1.84. The van der Waals surface area contributed by atoms with E-state index in [4.69, 9.17) is 14.2 Å². The number of rotatable bonds is 5. The van der Waals surface area contributed by atoms with Gasteiger partial charge in [-0.05, 0) is 48.9 Å². The van der Waals surface area contributed by atoms with Gasteiger partial charge in [0, 0.05) is 17.8 Å². The van der Waals surface area contributed by atoms with Crippen LogP contribution in [0.5, 0.6) is 17.2 Å². The molecule has 0 radical (unpaired) electrons. The first-order chi connectivity index (χ1) is 13.0. The number of carbonyl (C=O) groups is 2. The first kappa shape index (κ1) is 18.3. The van der Waals surface area contributed by atoms with Crippen LogP contribution in [0.15, 0.2) is 42.5 Å². The van der Waals surface area contributed by atoms with E-state index in [0.717, 1.165) is 5.56 Å². The fourth-order valence-electron chi connectivity index (χ4n) is 2.57. The summed E-state index contributed by atoms with van der Waals surface area (Å²) in [5.74, 6) is 1.30. The van der Waals surface area contributed by atoms with Crippen LogP contribution >= 0.6 is 0 Å². The summed E-state index contributed by atoms with van der Waals surface area (Å²) < 4.78 is 15.9. The average molecular weight is 368 g/mol. The maximum Gasteiger partial charge on any atom is 0.265 e. The number of nitrogens with one attached hydrogen (secondary N) is 2. The van der Waals surface area contributed by atoms with Crippen molar-refractivity contribution in [1.82, 2.24) is 0 Å². The van der Waals surface area contributed by atoms with Crippen molar-refractivity contribution in [3.05, 3.63) is 48.0 Å². The van der Waals surface area contributed by atoms with E-state index in [1.807, 2.05) is 0 Å². The number of amides is 2. The van der Waals surface area contributed by atoms with E-state index in [2.05, 4.69) is 10.6 Å². The Hall–Kier alpha value is -3.48. The Bertz CT molecular complexity index is 885. The standard InChI is InChI=1S/C20H20N2O5/c1-12-20(24)22-17-10-14(5-6-18(17)27-12)21-19(23)7-4-13-8-15(25-2)11-16(9-13)26-3/h4-12H,1-3H3,(H,21,23)(H,22,24)/b7-4+/t12-/m0/s1. The summed E-state index contributed by atoms with van der Waals surface area (Å²) in [7, 11) is 3.13. The third kappa shape index (κ3) is 4.38. The largest absolute Gasteiger partial charge is 0.497 e. The van der Waals surface area contributed by atoms with E-state index < -0.39 is 6.10 Å². The maximum atomic E-state index is 12.2. The van der Waals surface area contributed by atoms with Crippen LogP contribution in [0.3, 0.4) is 0 Å². The monoisotopic (exact) mass is 368 g/mol. The van der Waals surface area contributed by atoms with Crippen LogP contribution in [0, 0.1) is 0 Å². The molecule has 27 heavy (non-hydrogen) atoms. The second-order valence-corrected chi connectivity index (χ2v) is 5.93. The van der Waals surface area contributed by atoms with Gasteiger partial charge in [0.25, 0.3) is 5.91 Å². The minimum absolute atomic E-state index is 0.224. The van der Waals surface area contributed by atoms with Gasteiger partial charge in [0.15, 0.2) is 6.10 Å². The van der Waals surface area contributed by atoms with Gasteiger partial charge in [-0.3, -0.25) is 9.59 Å². The van der Waals surface area contributed by atoms with Crippen molar-refractivity contribution in [3.8, 4) is 17.2 Å². The molecule has 2 amide bonds. The third-order valence-electron chi connectivity index (χ3n) is 3.98. The normalized spacial score (nSPS) is 15.5. The van der Waals surface area contributed by atoms with E-state index in [9.17, 15) is 9.59 Å². The van der Waals surface area contributed by atoms with Crippen molar-refractivity contribution in [2.75, 3.05) is 24.9 Å². The predicted molar refractivity (Wildman–Crippen MR) is 102 cm³/mol. The molecule has 0 saturated carbocycles. The van der Waals surface area contributed by atoms with Crippen molar-refractivity contribution in [1.29, 1.82) is 0 Å². The molecule has 0 fully saturated rings. The molecule has 7 heteroatoms. The Balaban J connectivity index is 1.70. The van der Waals surface area contributed by atoms with E-state index in [-0.39, 0.29) is 11.8 Å². The highest BCUT2D eigenvalue weighted by atomic mass is 16.5. The number of hydrogen-bond acceptors (Lipinski definition) is 5. The Morgan fingerprint density at radius 3 is 2.52 bits per heavy atom. The summed E-state index contributed by atoms with van der Waals surface area (Å²) in [4.78, 5) is 23.9. The lowest BCUT2D eigenvalue weighted by Gasteiger charge is -2.23. The molecule has 0 aliphatic carbocycles. The van der Waals surface area contributed by atoms with Crippen LogP contribution in [0.25, 0.3) is 6.08 Å². The molecule has 1 atom stereocenters. The number of hydrogen-bond donors (Lipinski definition) is 2. The first-order valence-electron chi connectivity index (χ1n) is 8.32. The SMILES string of the molecule is COc1cc(/C=C/C(=O)Nc2ccc3c(c2)NC(=O)[C@H](C)O3)cc(OC)c1. The van der Waals surface area contributed by atoms with Gasteiger partial charge >= 0.3 is 0 Å². The fourth-order valence-corrected chi connectivity index (χ4v) is 2.57. The molecule has 0 aromatic heterocycles. The minimum Gasteiger partial charge on any atom is -0.497 e. The zero-order chi connectivity index (χ0) is 19.4. The lowest BCUT2D eigenvalue weighted by atomic mass is 10.2. The van der Waals surface area contributed by atoms with Gasteiger partial charge in [0.05, 0.1) is 19.9 Å². The molecule has 2 N–H and O–H groups in total. The molecule has 0 spiro atoms. The highest BCUT2D eigenvalue weighted by Gasteiger charge is 2.23. The van der Waals surface area contributed by atoms with E-state index >= 15 is 0 Å². The zero-order valence-corrected chi connectivity index (χ0v) is 15.2. The van der Waals surface area contributed by atoms with Crippen LogP contribution in [-0.4, -0.2) is 32.1 Å². The van der Waals surface area contributed by atoms with Gasteiger partial charge in [-0.25, -0.2) is 0 Å². The van der Waals surface area contributed by atoms with Crippen LogP contribution in [0.2, 0.25) is 0 Å². The number of carbonyl (C=O) groups excluding carboxylic acids is 2. The molecule has 2 aromatic rings. The summed E-state index contributed by atoms with van der Waals surface area (Å²) >= 11 is 0. The molecule has 7 nitrogen and oxygen atoms in total. The molecule has 0 bridgehead atoms. The smallest absolute Gasteiger partial charge is 0.265 e. The van der Waals surface area contributed by atoms with E-state index in [0.29, 0.717) is 28.6 Å². The Kier molecular flexibility index (Phi) is 5.30. The Morgan fingerprint density at radius 1 is 1.15 bits per heavy atom. The summed E-state index contributed by atoms with van der Waals surface area (Å²) in [6.45, 7) is 1.67. The molecule has 0 unspecified atom stereocenters. The predicted octanol–water partition coefficient (Wildman–Crippen LogP) is 3.08. The van der Waals surface area contributed by atoms with E-state index in [1.54, 1.807) is 63.6 Å². The highest BCUT2D eigenvalue weighted by Crippen LogP contribution is 2.32. The van der Waals surface area contributed by atoms with Gasteiger partial charge in [-0.15, -0.1) is 0 Å². The van der Waals surface area contributed by atoms with Crippen molar-refractivity contribution in [2.45, 2.75) is 13.0 Å². The van der Waals surface area contributed by atoms with Crippen LogP contribution in [0.4, 0.5) is 11.4 Å². The van der Waals surface area contributed by atoms with Gasteiger partial charge in [0.2, 0.25) is 5.91 Å². The van der Waals surface area contributed by atoms with Crippen LogP contribution in [-0.2, 0) is 9.59 Å². The molecule has 1 heterocycles. The first-order valence-corrected chi connectivity index (χ1v) is 8.32. The van der Waals surface area contributed by atoms with Gasteiger partial charge in [-0.2, -0.15) is 0 Å². The molecule has 2 aromatic carbocycles. The fraction of sp³-hybridized carbons (Fsp3) is 0.200. The summed E-state index contributed by atoms with van der Waals surface area (Å²) in [6, 6.07) is 10.4. The lowest BCUT2D eigenvalue weighted by molar-refractivity contribution is -0.122. The Labute approximate surface area is 156 Å². The number of fused-ring (bicyclic) bond motifs is 1. The lowest BCUT2D eigenvalue weighted by Crippen LogP contribution is -2.34. The molecule has 3 rings (SSSR count). The van der Waals surface area contributed by atoms with Crippen molar-refractivity contribution >= 4 is 29.3 Å². The maximum absolute atomic E-state index is 12.2. The molecular weight excluding hydrogens is 348 g/mol. The van der Waals surface area contributed by atoms with Crippen LogP contribution < -0.4 is 24.8 Å². The summed E-state index contributed by atoms with van der Waals surface area (Å²) in [6.07, 6.45) is 2.52. The minimum atomic E-state index is -0.541. The van der Waals surface area contributed by atoms with Crippen molar-refractivity contribution in [3.63, 3.8) is 0 Å². The molecule has 1 aliphatic rings. The highest BCUT2D eigenvalue weighted by molar-refractivity contribution is 6.03. The van der Waals surface area contributed by atoms with E-state index in [1.165, 1.54) is 6.08 Å². The number of ether oxygens (including phenoxy) is 3. The summed E-state index contributed by atoms with van der Waals surface area (Å²) in [5, 5.41) is 5.50. The molecular formula is C20H20N2O5. The second-order valence-electron chi connectivity index (χ2n) is 5.93. The third-order valence-corrected chi connectivity index (χ3v) is 3.98. The quantitative estimate of drug-likeness (QED) is 0.792. The zero-order valence-electron chi connectivity index (χ0n) is 15.2. The van der Waals surface area contributed by atoms with Crippen molar-refractivity contribution < 1.29 is 23.8 Å². The number of methoxy groups -OCH3 is 2. The number of benzene rings is 2. The number of anilines is 2. The Morgan fingerprint density at radius 2 is 1.85 bits per heavy atom. The molecule has 140 valence electrons. The second kappa shape index (κ2) is 7.82. The van der Waals surface area contributed by atoms with Crippen molar-refractivity contribution in [2.24, 2.45) is 0 Å². The molecule has 0 saturated heterocycles.